The molecule has 2 aromatic rings. The van der Waals surface area contributed by atoms with Gasteiger partial charge >= 0.3 is 0 Å². The summed E-state index contributed by atoms with van der Waals surface area (Å²) >= 11 is 0. The molecule has 0 spiro atoms. The largest absolute Gasteiger partial charge is 0.471 e. The normalized spacial score (nSPS) is 18.8. The molecular weight excluding hydrogens is 453 g/mol. The molecule has 3 heterocycles. The summed E-state index contributed by atoms with van der Waals surface area (Å²) in [6.07, 6.45) is 2.08. The third kappa shape index (κ3) is 6.99. The van der Waals surface area contributed by atoms with Crippen molar-refractivity contribution in [3.63, 3.8) is 0 Å². The summed E-state index contributed by atoms with van der Waals surface area (Å²) in [4.78, 5) is 20.8. The van der Waals surface area contributed by atoms with E-state index in [1.54, 1.807) is 12.3 Å². The first kappa shape index (κ1) is 26.2. The molecule has 0 radical (unpaired) electrons. The van der Waals surface area contributed by atoms with E-state index >= 15 is 0 Å². The second-order valence-corrected chi connectivity index (χ2v) is 14.7. The van der Waals surface area contributed by atoms with Gasteiger partial charge in [0.05, 0.1) is 5.69 Å². The van der Waals surface area contributed by atoms with Crippen molar-refractivity contribution in [1.82, 2.24) is 19.9 Å². The minimum absolute atomic E-state index is 0. The first-order valence-corrected chi connectivity index (χ1v) is 14.3. The molecule has 1 aliphatic rings. The molecule has 32 heavy (non-hydrogen) atoms. The standard InChI is InChI=1S/C21H32FN5O3Si.ClH/c1-14-26-18(12-27(14)13-29-7-8-31(2,3)4)15-9-16(20(23)28)21(25-10-15)30-19-5-6-24-11-17(19)22;/h9-10,12,17,19,24H,5-8,11,13H2,1-4H3,(H2,23,28);1H/t17-,19+;/m0./s1. The smallest absolute Gasteiger partial charge is 0.254 e. The fourth-order valence-corrected chi connectivity index (χ4v) is 4.01. The molecule has 1 amide bonds. The van der Waals surface area contributed by atoms with Gasteiger partial charge in [0.25, 0.3) is 5.91 Å². The van der Waals surface area contributed by atoms with Gasteiger partial charge in [-0.1, -0.05) is 19.6 Å². The number of pyridine rings is 1. The van der Waals surface area contributed by atoms with Crippen LogP contribution in [0.2, 0.25) is 25.7 Å². The number of alkyl halides is 1. The van der Waals surface area contributed by atoms with Crippen LogP contribution in [0, 0.1) is 6.92 Å². The van der Waals surface area contributed by atoms with Crippen molar-refractivity contribution < 1.29 is 18.7 Å². The highest BCUT2D eigenvalue weighted by atomic mass is 35.5. The Hall–Kier alpha value is -2.01. The van der Waals surface area contributed by atoms with Gasteiger partial charge in [0.2, 0.25) is 5.88 Å². The highest BCUT2D eigenvalue weighted by Crippen LogP contribution is 2.26. The minimum atomic E-state index is -1.17. The molecule has 0 aliphatic carbocycles. The Balaban J connectivity index is 0.00000363. The molecule has 2 aromatic heterocycles. The van der Waals surface area contributed by atoms with Gasteiger partial charge in [-0.2, -0.15) is 0 Å². The molecular formula is C21H33ClFN5O3Si. The molecule has 8 nitrogen and oxygen atoms in total. The number of ether oxygens (including phenoxy) is 2. The monoisotopic (exact) mass is 485 g/mol. The molecule has 3 N–H and O–H groups in total. The number of nitrogens with one attached hydrogen (secondary N) is 1. The van der Waals surface area contributed by atoms with E-state index in [9.17, 15) is 9.18 Å². The maximum Gasteiger partial charge on any atom is 0.254 e. The van der Waals surface area contributed by atoms with Gasteiger partial charge in [0.15, 0.2) is 0 Å². The van der Waals surface area contributed by atoms with Crippen LogP contribution in [0.4, 0.5) is 4.39 Å². The van der Waals surface area contributed by atoms with Crippen LogP contribution < -0.4 is 15.8 Å². The lowest BCUT2D eigenvalue weighted by molar-refractivity contribution is 0.0676. The summed E-state index contributed by atoms with van der Waals surface area (Å²) in [5, 5.41) is 2.97. The average Bonchev–Trinajstić information content (AvgIpc) is 3.07. The van der Waals surface area contributed by atoms with Gasteiger partial charge in [0.1, 0.15) is 30.4 Å². The van der Waals surface area contributed by atoms with E-state index in [4.69, 9.17) is 15.2 Å². The summed E-state index contributed by atoms with van der Waals surface area (Å²) < 4.78 is 27.5. The lowest BCUT2D eigenvalue weighted by atomic mass is 10.1. The Morgan fingerprint density at radius 3 is 2.81 bits per heavy atom. The van der Waals surface area contributed by atoms with Crippen LogP contribution >= 0.6 is 12.4 Å². The highest BCUT2D eigenvalue weighted by molar-refractivity contribution is 6.76. The zero-order chi connectivity index (χ0) is 22.6. The highest BCUT2D eigenvalue weighted by Gasteiger charge is 2.28. The molecule has 11 heteroatoms. The number of aryl methyl sites for hydroxylation is 1. The molecule has 0 saturated carbocycles. The number of rotatable bonds is 9. The lowest BCUT2D eigenvalue weighted by Gasteiger charge is -2.27. The number of carbonyl (C=O) groups is 1. The number of primary amides is 1. The maximum absolute atomic E-state index is 14.1. The topological polar surface area (TPSA) is 104 Å². The number of hydrogen-bond acceptors (Lipinski definition) is 6. The van der Waals surface area contributed by atoms with E-state index in [1.807, 2.05) is 17.7 Å². The maximum atomic E-state index is 14.1. The zero-order valence-corrected chi connectivity index (χ0v) is 20.9. The number of nitrogens with two attached hydrogens (primary N) is 1. The van der Waals surface area contributed by atoms with Crippen LogP contribution in [0.5, 0.6) is 5.88 Å². The number of nitrogens with zero attached hydrogens (tertiary/aromatic N) is 3. The van der Waals surface area contributed by atoms with Crippen LogP contribution in [0.15, 0.2) is 18.5 Å². The number of imidazole rings is 1. The molecule has 2 atom stereocenters. The average molecular weight is 486 g/mol. The summed E-state index contributed by atoms with van der Waals surface area (Å²) in [6, 6.07) is 2.69. The summed E-state index contributed by atoms with van der Waals surface area (Å²) in [5.74, 6) is 0.162. The van der Waals surface area contributed by atoms with Crippen LogP contribution in [-0.4, -0.2) is 60.5 Å². The Morgan fingerprint density at radius 2 is 2.16 bits per heavy atom. The fraction of sp³-hybridized carbons (Fsp3) is 0.571. The Labute approximate surface area is 195 Å². The number of halogens is 2. The predicted molar refractivity (Wildman–Crippen MR) is 127 cm³/mol. The number of amides is 1. The van der Waals surface area contributed by atoms with Crippen molar-refractivity contribution in [2.45, 2.75) is 58.0 Å². The van der Waals surface area contributed by atoms with Crippen molar-refractivity contribution in [1.29, 1.82) is 0 Å². The van der Waals surface area contributed by atoms with Crippen molar-refractivity contribution >= 4 is 26.4 Å². The van der Waals surface area contributed by atoms with Gasteiger partial charge in [-0.3, -0.25) is 4.79 Å². The molecule has 1 saturated heterocycles. The van der Waals surface area contributed by atoms with Crippen molar-refractivity contribution in [3.8, 4) is 17.1 Å². The molecule has 1 fully saturated rings. The van der Waals surface area contributed by atoms with Crippen LogP contribution in [0.1, 0.15) is 22.6 Å². The van der Waals surface area contributed by atoms with Gasteiger partial charge < -0.3 is 25.1 Å². The summed E-state index contributed by atoms with van der Waals surface area (Å²) in [5.41, 5.74) is 6.94. The molecule has 3 rings (SSSR count). The van der Waals surface area contributed by atoms with Gasteiger partial charge in [-0.25, -0.2) is 14.4 Å². The van der Waals surface area contributed by atoms with E-state index in [0.29, 0.717) is 37.6 Å². The third-order valence-electron chi connectivity index (χ3n) is 5.23. The number of piperidine rings is 1. The second-order valence-electron chi connectivity index (χ2n) is 9.10. The lowest BCUT2D eigenvalue weighted by Crippen LogP contribution is -2.44. The van der Waals surface area contributed by atoms with Crippen molar-refractivity contribution in [2.24, 2.45) is 5.73 Å². The van der Waals surface area contributed by atoms with Crippen LogP contribution in [-0.2, 0) is 11.5 Å². The molecule has 178 valence electrons. The van der Waals surface area contributed by atoms with Crippen molar-refractivity contribution in [3.05, 3.63) is 29.8 Å². The summed E-state index contributed by atoms with van der Waals surface area (Å²) in [6.45, 7) is 10.8. The fourth-order valence-electron chi connectivity index (χ4n) is 3.25. The van der Waals surface area contributed by atoms with E-state index in [1.165, 1.54) is 0 Å². The number of carbonyl (C=O) groups excluding carboxylic acids is 1. The minimum Gasteiger partial charge on any atom is -0.471 e. The van der Waals surface area contributed by atoms with E-state index in [-0.39, 0.29) is 30.4 Å². The van der Waals surface area contributed by atoms with Gasteiger partial charge in [-0.05, 0) is 32.0 Å². The molecule has 1 aliphatic heterocycles. The molecule has 0 aromatic carbocycles. The van der Waals surface area contributed by atoms with E-state index < -0.39 is 26.3 Å². The number of aromatic nitrogens is 3. The van der Waals surface area contributed by atoms with Crippen LogP contribution in [0.25, 0.3) is 11.3 Å². The molecule has 0 bridgehead atoms. The first-order chi connectivity index (χ1) is 14.6. The third-order valence-corrected chi connectivity index (χ3v) is 6.93. The van der Waals surface area contributed by atoms with Gasteiger partial charge in [-0.15, -0.1) is 12.4 Å². The SMILES string of the molecule is Cc1nc(-c2cnc(O[C@@H]3CCNC[C@@H]3F)c(C(N)=O)c2)cn1COCC[Si](C)(C)C.Cl. The predicted octanol–water partition coefficient (Wildman–Crippen LogP) is 3.17. The molecule has 0 unspecified atom stereocenters. The Kier molecular flexibility index (Phi) is 9.20. The quantitative estimate of drug-likeness (QED) is 0.417. The Morgan fingerprint density at radius 1 is 1.41 bits per heavy atom. The van der Waals surface area contributed by atoms with Crippen LogP contribution in [0.3, 0.4) is 0 Å². The second kappa shape index (κ2) is 11.2. The zero-order valence-electron chi connectivity index (χ0n) is 19.1. The summed E-state index contributed by atoms with van der Waals surface area (Å²) in [7, 11) is -1.14. The Bertz CT molecular complexity index is 921. The van der Waals surface area contributed by atoms with Crippen molar-refractivity contribution in [2.75, 3.05) is 19.7 Å². The van der Waals surface area contributed by atoms with E-state index in [2.05, 4.69) is 34.9 Å². The van der Waals surface area contributed by atoms with E-state index in [0.717, 1.165) is 11.9 Å². The first-order valence-electron chi connectivity index (χ1n) is 10.6. The number of hydrogen-bond donors (Lipinski definition) is 2. The van der Waals surface area contributed by atoms with Gasteiger partial charge in [0, 0.05) is 39.2 Å².